The Morgan fingerprint density at radius 2 is 1.07 bits per heavy atom. The number of fused-ring (bicyclic) bond motifs is 3. The number of benzene rings is 4. The van der Waals surface area contributed by atoms with Crippen LogP contribution in [0.3, 0.4) is 0 Å². The first-order valence-electron chi connectivity index (χ1n) is 25.1. The van der Waals surface area contributed by atoms with Gasteiger partial charge in [-0.05, 0) is 94.8 Å². The fourth-order valence-electron chi connectivity index (χ4n) is 9.56. The van der Waals surface area contributed by atoms with Gasteiger partial charge in [-0.2, -0.15) is 0 Å². The van der Waals surface area contributed by atoms with Gasteiger partial charge in [-0.1, -0.05) is 18.2 Å². The van der Waals surface area contributed by atoms with Crippen molar-refractivity contribution in [3.05, 3.63) is 118 Å². The molecule has 6 heterocycles. The number of sulfone groups is 1. The maximum Gasteiger partial charge on any atom is 0.414 e. The topological polar surface area (TPSA) is 320 Å². The highest BCUT2D eigenvalue weighted by molar-refractivity contribution is 8.13. The van der Waals surface area contributed by atoms with Gasteiger partial charge in [-0.3, -0.25) is 5.32 Å². The third-order valence-corrected chi connectivity index (χ3v) is 21.6. The summed E-state index contributed by atoms with van der Waals surface area (Å²) in [4.78, 5) is 37.7. The number of carbonyl (C=O) groups is 1. The molecule has 0 aliphatic carbocycles. The number of amides is 1. The lowest BCUT2D eigenvalue weighted by molar-refractivity contribution is 0.0558. The standard InChI is InChI=1S/C19H25FN4O4S2.C19H19FN4O3S.C14H17FN4O4S2/c1-18(2,3)28-17(25)22-16-23-19(4,10-30(26,27)24(16)5)12-7-11-8-15(29-6)21-14(11)9-13(12)20;1-19(11-28(25,26)24(2)18(21)23-19)14-8-12-9-17(22-16(12)10-15(14)20)27-13-6-4-3-5-7-13;1-14(7-25(22,23)19(2)13(16)18-14)9-4-8-5-12(24(3,20)21)17-11(8)6-10(9)15/h7,9H,8,10H2,1-6H3,(H,22,23,25);3-8,10H,9,11H2,1-2H3,(H2,21,23);4,6H,5,7H2,1-3H3,(H2,16,18)/t2*19-;14-/m000/s1. The lowest BCUT2D eigenvalue weighted by Gasteiger charge is -2.36. The van der Waals surface area contributed by atoms with E-state index < -0.39 is 97.2 Å². The van der Waals surface area contributed by atoms with Gasteiger partial charge in [0, 0.05) is 75.1 Å². The van der Waals surface area contributed by atoms with Crippen molar-refractivity contribution in [2.24, 2.45) is 41.4 Å². The predicted molar refractivity (Wildman–Crippen MR) is 314 cm³/mol. The molecule has 0 bridgehead atoms. The SMILES string of the molecule is CN1C(N)=N[C@](C)(c2cc3c(cc2F)N=C(Oc2ccccc2)C3)CS1(=O)=O.CN1C(N)=N[C@](C)(c2cc3c(cc2F)N=C(S(C)(=O)=O)C3)CS1(=O)=O.CSC1=Nc2cc(F)c([C@]3(C)CS(=O)(=O)N(C)C(NC(=O)OC(C)(C)C)=N3)cc2C1. The summed E-state index contributed by atoms with van der Waals surface area (Å²) < 4.78 is 156. The fraction of sp³-hybridized carbons (Fsp3) is 0.404. The van der Waals surface area contributed by atoms with Gasteiger partial charge in [0.2, 0.25) is 47.9 Å². The maximum atomic E-state index is 15.0. The number of nitrogens with one attached hydrogen (secondary N) is 1. The fourth-order valence-corrected chi connectivity index (χ4v) is 15.1. The number of para-hydroxylation sites is 1. The van der Waals surface area contributed by atoms with E-state index >= 15 is 4.39 Å². The van der Waals surface area contributed by atoms with E-state index in [-0.39, 0.29) is 57.5 Å². The molecule has 6 aliphatic rings. The van der Waals surface area contributed by atoms with Crippen LogP contribution in [0, 0.1) is 17.5 Å². The number of thioether (sulfide) groups is 1. The van der Waals surface area contributed by atoms with Gasteiger partial charge in [0.1, 0.15) is 50.5 Å². The average Bonchev–Trinajstić information content (AvgIpc) is 2.93. The van der Waals surface area contributed by atoms with Gasteiger partial charge in [-0.25, -0.2) is 94.5 Å². The quantitative estimate of drug-likeness (QED) is 0.221. The molecule has 31 heteroatoms. The lowest BCUT2D eigenvalue weighted by Crippen LogP contribution is -2.54. The monoisotopic (exact) mass is 1250 g/mol. The minimum atomic E-state index is -3.87. The largest absolute Gasteiger partial charge is 0.444 e. The number of nitrogens with two attached hydrogens (primary N) is 2. The third kappa shape index (κ3) is 13.0. The second-order valence-corrected chi connectivity index (χ2v) is 30.7. The van der Waals surface area contributed by atoms with E-state index in [1.54, 1.807) is 52.0 Å². The highest BCUT2D eigenvalue weighted by atomic mass is 32.2. The zero-order chi connectivity index (χ0) is 61.4. The Hall–Kier alpha value is -7.09. The van der Waals surface area contributed by atoms with Gasteiger partial charge in [0.25, 0.3) is 0 Å². The second-order valence-electron chi connectivity index (χ2n) is 21.8. The number of hydrogen-bond donors (Lipinski definition) is 3. The maximum absolute atomic E-state index is 15.0. The first kappa shape index (κ1) is 62.0. The van der Waals surface area contributed by atoms with Crippen LogP contribution in [0.15, 0.2) is 96.7 Å². The molecule has 4 aromatic rings. The molecule has 0 aromatic heterocycles. The molecule has 1 amide bonds. The molecule has 6 aliphatic heterocycles. The zero-order valence-corrected chi connectivity index (χ0v) is 51.0. The predicted octanol–water partition coefficient (Wildman–Crippen LogP) is 5.70. The van der Waals surface area contributed by atoms with Crippen molar-refractivity contribution in [2.45, 2.75) is 83.0 Å². The molecule has 5 N–H and O–H groups in total. The molecule has 0 radical (unpaired) electrons. The van der Waals surface area contributed by atoms with Crippen LogP contribution in [0.5, 0.6) is 5.75 Å². The number of carbonyl (C=O) groups excluding carboxylic acids is 1. The number of rotatable bonds is 4. The van der Waals surface area contributed by atoms with Crippen molar-refractivity contribution >= 4 is 109 Å². The first-order chi connectivity index (χ1) is 38.2. The first-order valence-corrected chi connectivity index (χ1v) is 33.1. The van der Waals surface area contributed by atoms with Gasteiger partial charge >= 0.3 is 6.09 Å². The van der Waals surface area contributed by atoms with E-state index in [0.29, 0.717) is 41.4 Å². The molecule has 0 unspecified atom stereocenters. The Balaban J connectivity index is 0.000000163. The molecule has 0 saturated carbocycles. The van der Waals surface area contributed by atoms with E-state index in [9.17, 15) is 47.2 Å². The normalized spacial score (nSPS) is 23.7. The smallest absolute Gasteiger partial charge is 0.414 e. The number of aliphatic imine (C=N–C) groups is 6. The number of halogens is 3. The van der Waals surface area contributed by atoms with Crippen LogP contribution in [0.4, 0.5) is 35.0 Å². The molecule has 4 aromatic carbocycles. The highest BCUT2D eigenvalue weighted by Gasteiger charge is 2.46. The second kappa shape index (κ2) is 21.8. The summed E-state index contributed by atoms with van der Waals surface area (Å²) >= 11 is 1.48. The summed E-state index contributed by atoms with van der Waals surface area (Å²) in [5, 5.41) is 3.19. The molecule has 0 saturated heterocycles. The van der Waals surface area contributed by atoms with E-state index in [0.717, 1.165) is 41.4 Å². The van der Waals surface area contributed by atoms with Crippen molar-refractivity contribution in [3.63, 3.8) is 0 Å². The molecule has 446 valence electrons. The van der Waals surface area contributed by atoms with E-state index in [2.05, 4.69) is 35.3 Å². The van der Waals surface area contributed by atoms with Crippen molar-refractivity contribution in [1.82, 2.24) is 18.2 Å². The van der Waals surface area contributed by atoms with Gasteiger partial charge in [-0.15, -0.1) is 11.8 Å². The molecular weight excluding hydrogens is 1190 g/mol. The van der Waals surface area contributed by atoms with Crippen molar-refractivity contribution in [3.8, 4) is 5.75 Å². The summed E-state index contributed by atoms with van der Waals surface area (Å²) in [5.74, 6) is -2.70. The number of hydrogen-bond acceptors (Lipinski definition) is 20. The molecule has 3 atom stereocenters. The Kier molecular flexibility index (Phi) is 16.3. The van der Waals surface area contributed by atoms with Crippen LogP contribution in [0.25, 0.3) is 0 Å². The summed E-state index contributed by atoms with van der Waals surface area (Å²) in [7, 11) is -10.9. The van der Waals surface area contributed by atoms with Crippen molar-refractivity contribution in [1.29, 1.82) is 0 Å². The Morgan fingerprint density at radius 1 is 0.651 bits per heavy atom. The van der Waals surface area contributed by atoms with E-state index in [4.69, 9.17) is 20.9 Å². The van der Waals surface area contributed by atoms with Crippen LogP contribution >= 0.6 is 11.8 Å². The Bertz CT molecular complexity index is 4050. The van der Waals surface area contributed by atoms with Crippen molar-refractivity contribution < 1.29 is 61.1 Å². The van der Waals surface area contributed by atoms with Crippen LogP contribution in [-0.4, -0.2) is 143 Å². The molecular formula is C52H61F3N12O11S5. The van der Waals surface area contributed by atoms with Crippen LogP contribution in [0.2, 0.25) is 0 Å². The molecule has 23 nitrogen and oxygen atoms in total. The summed E-state index contributed by atoms with van der Waals surface area (Å²) in [5.41, 5.74) is 10.1. The van der Waals surface area contributed by atoms with Gasteiger partial charge in [0.15, 0.2) is 15.7 Å². The number of alkyl carbamates (subject to hydrolysis) is 1. The Morgan fingerprint density at radius 3 is 1.52 bits per heavy atom. The average molecular weight is 1250 g/mol. The number of sulfonamides is 3. The third-order valence-electron chi connectivity index (χ3n) is 13.9. The molecule has 0 spiro atoms. The summed E-state index contributed by atoms with van der Waals surface area (Å²) in [6.07, 6.45) is 3.04. The minimum Gasteiger partial charge on any atom is -0.444 e. The van der Waals surface area contributed by atoms with Crippen LogP contribution in [-0.2, 0) is 80.5 Å². The number of ether oxygens (including phenoxy) is 2. The van der Waals surface area contributed by atoms with Crippen molar-refractivity contribution in [2.75, 3.05) is 50.9 Å². The zero-order valence-electron chi connectivity index (χ0n) is 46.9. The molecule has 10 rings (SSSR count). The van der Waals surface area contributed by atoms with Gasteiger partial charge in [0.05, 0.1) is 45.8 Å². The summed E-state index contributed by atoms with van der Waals surface area (Å²) in [6.45, 7) is 9.62. The molecule has 0 fully saturated rings. The number of guanidine groups is 3. The Labute approximate surface area is 484 Å². The number of nitrogens with zero attached hydrogens (tertiary/aromatic N) is 9. The highest BCUT2D eigenvalue weighted by Crippen LogP contribution is 2.42. The lowest BCUT2D eigenvalue weighted by atomic mass is 9.91. The molecule has 83 heavy (non-hydrogen) atoms. The van der Waals surface area contributed by atoms with Crippen LogP contribution in [0.1, 0.15) is 74.9 Å². The van der Waals surface area contributed by atoms with E-state index in [1.165, 1.54) is 65.0 Å². The minimum absolute atomic E-state index is 0.0311. The van der Waals surface area contributed by atoms with E-state index in [1.807, 2.05) is 24.5 Å². The van der Waals surface area contributed by atoms with Gasteiger partial charge < -0.3 is 20.9 Å². The van der Waals surface area contributed by atoms with Crippen LogP contribution < -0.4 is 21.5 Å². The summed E-state index contributed by atoms with van der Waals surface area (Å²) in [6, 6.07) is 17.5.